The van der Waals surface area contributed by atoms with Crippen molar-refractivity contribution in [2.75, 3.05) is 13.2 Å². The van der Waals surface area contributed by atoms with Gasteiger partial charge in [0.2, 0.25) is 0 Å². The fourth-order valence-electron chi connectivity index (χ4n) is 2.01. The number of nitrogens with one attached hydrogen (secondary N) is 1. The van der Waals surface area contributed by atoms with Crippen molar-refractivity contribution < 1.29 is 9.84 Å². The summed E-state index contributed by atoms with van der Waals surface area (Å²) in [6.07, 6.45) is 4.53. The Morgan fingerprint density at radius 3 is 2.79 bits per heavy atom. The minimum atomic E-state index is -0.155. The molecule has 2 N–H and O–H groups in total. The zero-order valence-corrected chi connectivity index (χ0v) is 9.33. The number of ether oxygens (including phenoxy) is 1. The number of hydrogen-bond donors (Lipinski definition) is 2. The van der Waals surface area contributed by atoms with Gasteiger partial charge in [0.25, 0.3) is 0 Å². The lowest BCUT2D eigenvalue weighted by Gasteiger charge is -2.29. The van der Waals surface area contributed by atoms with Gasteiger partial charge in [0.05, 0.1) is 12.2 Å². The van der Waals surface area contributed by atoms with Crippen LogP contribution in [0.15, 0.2) is 0 Å². The van der Waals surface area contributed by atoms with E-state index in [1.165, 1.54) is 12.8 Å². The van der Waals surface area contributed by atoms with Crippen LogP contribution in [0.1, 0.15) is 39.5 Å². The molecule has 0 aromatic carbocycles. The molecule has 3 atom stereocenters. The van der Waals surface area contributed by atoms with Crippen molar-refractivity contribution >= 4 is 0 Å². The van der Waals surface area contributed by atoms with Gasteiger partial charge >= 0.3 is 0 Å². The number of aliphatic hydroxyl groups is 1. The van der Waals surface area contributed by atoms with E-state index in [4.69, 9.17) is 4.74 Å². The predicted octanol–water partition coefficient (Wildman–Crippen LogP) is 1.30. The number of hydrogen-bond acceptors (Lipinski definition) is 3. The Balaban J connectivity index is 2.15. The molecule has 0 radical (unpaired) electrons. The van der Waals surface area contributed by atoms with Gasteiger partial charge in [-0.3, -0.25) is 0 Å². The topological polar surface area (TPSA) is 41.5 Å². The lowest BCUT2D eigenvalue weighted by molar-refractivity contribution is 0.0539. The van der Waals surface area contributed by atoms with Crippen LogP contribution < -0.4 is 5.32 Å². The summed E-state index contributed by atoms with van der Waals surface area (Å²) in [7, 11) is 0. The van der Waals surface area contributed by atoms with Crippen LogP contribution in [0.5, 0.6) is 0 Å². The fourth-order valence-corrected chi connectivity index (χ4v) is 2.01. The van der Waals surface area contributed by atoms with Gasteiger partial charge in [0, 0.05) is 19.2 Å². The molecular weight excluding hydrogens is 178 g/mol. The Labute approximate surface area is 86.8 Å². The standard InChI is InChI=1S/C11H23NO2/c1-3-14-9(2)8-12-10-6-4-5-7-11(10)13/h9-13H,3-8H2,1-2H3/t9?,10-,11-/m1/s1. The summed E-state index contributed by atoms with van der Waals surface area (Å²) in [5.74, 6) is 0. The highest BCUT2D eigenvalue weighted by Gasteiger charge is 2.22. The zero-order valence-electron chi connectivity index (χ0n) is 9.33. The molecule has 1 fully saturated rings. The largest absolute Gasteiger partial charge is 0.392 e. The summed E-state index contributed by atoms with van der Waals surface area (Å²) in [5, 5.41) is 13.1. The van der Waals surface area contributed by atoms with Gasteiger partial charge in [0.15, 0.2) is 0 Å². The van der Waals surface area contributed by atoms with Crippen LogP contribution in [0, 0.1) is 0 Å². The molecule has 84 valence electrons. The summed E-state index contributed by atoms with van der Waals surface area (Å²) in [6, 6.07) is 0.284. The summed E-state index contributed by atoms with van der Waals surface area (Å²) in [5.41, 5.74) is 0. The monoisotopic (exact) mass is 201 g/mol. The highest BCUT2D eigenvalue weighted by Crippen LogP contribution is 2.18. The third-order valence-electron chi connectivity index (χ3n) is 2.85. The number of aliphatic hydroxyl groups excluding tert-OH is 1. The lowest BCUT2D eigenvalue weighted by Crippen LogP contribution is -2.44. The van der Waals surface area contributed by atoms with Gasteiger partial charge in [0.1, 0.15) is 0 Å². The quantitative estimate of drug-likeness (QED) is 0.704. The van der Waals surface area contributed by atoms with E-state index in [-0.39, 0.29) is 18.2 Å². The maximum absolute atomic E-state index is 9.71. The average molecular weight is 201 g/mol. The van der Waals surface area contributed by atoms with Crippen LogP contribution in [0.2, 0.25) is 0 Å². The normalized spacial score (nSPS) is 30.2. The molecule has 1 saturated carbocycles. The summed E-state index contributed by atoms with van der Waals surface area (Å²) >= 11 is 0. The molecule has 0 aliphatic heterocycles. The van der Waals surface area contributed by atoms with Gasteiger partial charge in [-0.1, -0.05) is 12.8 Å². The molecule has 3 nitrogen and oxygen atoms in total. The Kier molecular flexibility index (Phi) is 5.45. The van der Waals surface area contributed by atoms with Crippen LogP contribution in [0.4, 0.5) is 0 Å². The third-order valence-corrected chi connectivity index (χ3v) is 2.85. The minimum Gasteiger partial charge on any atom is -0.392 e. The SMILES string of the molecule is CCOC(C)CN[C@@H]1CCCC[C@H]1O. The van der Waals surface area contributed by atoms with E-state index in [9.17, 15) is 5.11 Å². The van der Waals surface area contributed by atoms with Crippen LogP contribution in [0.25, 0.3) is 0 Å². The molecule has 0 saturated heterocycles. The molecule has 1 rings (SSSR count). The summed E-state index contributed by atoms with van der Waals surface area (Å²) < 4.78 is 5.42. The first kappa shape index (κ1) is 12.0. The zero-order chi connectivity index (χ0) is 10.4. The van der Waals surface area contributed by atoms with Crippen molar-refractivity contribution in [1.82, 2.24) is 5.32 Å². The molecule has 1 aliphatic carbocycles. The molecule has 0 amide bonds. The van der Waals surface area contributed by atoms with Crippen molar-refractivity contribution in [2.24, 2.45) is 0 Å². The van der Waals surface area contributed by atoms with E-state index >= 15 is 0 Å². The molecule has 3 heteroatoms. The van der Waals surface area contributed by atoms with E-state index in [0.717, 1.165) is 26.0 Å². The van der Waals surface area contributed by atoms with Gasteiger partial charge in [-0.25, -0.2) is 0 Å². The molecule has 0 aromatic rings. The van der Waals surface area contributed by atoms with E-state index < -0.39 is 0 Å². The van der Waals surface area contributed by atoms with Crippen LogP contribution in [-0.4, -0.2) is 36.5 Å². The van der Waals surface area contributed by atoms with Crippen molar-refractivity contribution in [1.29, 1.82) is 0 Å². The lowest BCUT2D eigenvalue weighted by atomic mass is 9.92. The third kappa shape index (κ3) is 3.95. The first-order valence-electron chi connectivity index (χ1n) is 5.77. The maximum atomic E-state index is 9.71. The smallest absolute Gasteiger partial charge is 0.0693 e. The first-order valence-corrected chi connectivity index (χ1v) is 5.77. The second-order valence-corrected chi connectivity index (χ2v) is 4.13. The van der Waals surface area contributed by atoms with Crippen molar-refractivity contribution in [3.63, 3.8) is 0 Å². The Morgan fingerprint density at radius 2 is 2.14 bits per heavy atom. The van der Waals surface area contributed by atoms with E-state index in [1.54, 1.807) is 0 Å². The molecule has 0 heterocycles. The molecule has 0 bridgehead atoms. The van der Waals surface area contributed by atoms with Crippen LogP contribution >= 0.6 is 0 Å². The predicted molar refractivity (Wildman–Crippen MR) is 57.4 cm³/mol. The average Bonchev–Trinajstić information content (AvgIpc) is 2.17. The Morgan fingerprint density at radius 1 is 1.43 bits per heavy atom. The Bertz CT molecular complexity index is 152. The molecular formula is C11H23NO2. The van der Waals surface area contributed by atoms with Gasteiger partial charge in [-0.05, 0) is 26.7 Å². The van der Waals surface area contributed by atoms with Crippen LogP contribution in [-0.2, 0) is 4.74 Å². The molecule has 0 spiro atoms. The van der Waals surface area contributed by atoms with E-state index in [0.29, 0.717) is 0 Å². The van der Waals surface area contributed by atoms with Crippen molar-refractivity contribution in [3.8, 4) is 0 Å². The molecule has 14 heavy (non-hydrogen) atoms. The molecule has 1 unspecified atom stereocenters. The fraction of sp³-hybridized carbons (Fsp3) is 1.00. The molecule has 0 aromatic heterocycles. The second-order valence-electron chi connectivity index (χ2n) is 4.13. The van der Waals surface area contributed by atoms with Crippen LogP contribution in [0.3, 0.4) is 0 Å². The Hall–Kier alpha value is -0.120. The molecule has 1 aliphatic rings. The van der Waals surface area contributed by atoms with Gasteiger partial charge in [-0.15, -0.1) is 0 Å². The summed E-state index contributed by atoms with van der Waals surface area (Å²) in [6.45, 7) is 5.67. The maximum Gasteiger partial charge on any atom is 0.0693 e. The van der Waals surface area contributed by atoms with E-state index in [2.05, 4.69) is 12.2 Å². The highest BCUT2D eigenvalue weighted by atomic mass is 16.5. The highest BCUT2D eigenvalue weighted by molar-refractivity contribution is 4.80. The van der Waals surface area contributed by atoms with Gasteiger partial charge in [-0.2, -0.15) is 0 Å². The van der Waals surface area contributed by atoms with Crippen molar-refractivity contribution in [3.05, 3.63) is 0 Å². The summed E-state index contributed by atoms with van der Waals surface area (Å²) in [4.78, 5) is 0. The number of rotatable bonds is 5. The first-order chi connectivity index (χ1) is 6.74. The van der Waals surface area contributed by atoms with Crippen molar-refractivity contribution in [2.45, 2.75) is 57.8 Å². The minimum absolute atomic E-state index is 0.155. The second kappa shape index (κ2) is 6.38. The van der Waals surface area contributed by atoms with E-state index in [1.807, 2.05) is 6.92 Å². The van der Waals surface area contributed by atoms with Gasteiger partial charge < -0.3 is 15.2 Å².